The lowest BCUT2D eigenvalue weighted by atomic mass is 10.00. The number of pyridine rings is 1. The zero-order chi connectivity index (χ0) is 19.1. The molecule has 142 valence electrons. The Hall–Kier alpha value is -2.73. The van der Waals surface area contributed by atoms with Gasteiger partial charge in [-0.1, -0.05) is 36.4 Å². The number of hydrogen-bond donors (Lipinski definition) is 1. The maximum Gasteiger partial charge on any atom is 0.254 e. The van der Waals surface area contributed by atoms with Crippen LogP contribution < -0.4 is 5.32 Å². The van der Waals surface area contributed by atoms with Crippen LogP contribution in [0, 0.1) is 0 Å². The molecule has 27 heavy (non-hydrogen) atoms. The molecular formula is C21H25N3O3. The molecule has 0 spiro atoms. The molecule has 2 aromatic rings. The highest BCUT2D eigenvalue weighted by molar-refractivity contribution is 5.86. The normalized spacial score (nSPS) is 19.4. The number of carbonyl (C=O) groups excluding carboxylic acids is 2. The van der Waals surface area contributed by atoms with E-state index in [9.17, 15) is 9.59 Å². The van der Waals surface area contributed by atoms with Crippen LogP contribution in [0.3, 0.4) is 0 Å². The fraction of sp³-hybridized carbons (Fsp3) is 0.381. The third kappa shape index (κ3) is 4.92. The van der Waals surface area contributed by atoms with Crippen molar-refractivity contribution in [3.05, 3.63) is 66.0 Å². The number of rotatable bonds is 7. The van der Waals surface area contributed by atoms with Crippen molar-refractivity contribution in [3.63, 3.8) is 0 Å². The topological polar surface area (TPSA) is 71.5 Å². The van der Waals surface area contributed by atoms with Crippen LogP contribution in [0.4, 0.5) is 0 Å². The van der Waals surface area contributed by atoms with Gasteiger partial charge in [-0.3, -0.25) is 14.6 Å². The van der Waals surface area contributed by atoms with Gasteiger partial charge in [-0.05, 0) is 37.0 Å². The summed E-state index contributed by atoms with van der Waals surface area (Å²) in [7, 11) is 0. The van der Waals surface area contributed by atoms with Crippen LogP contribution in [0.5, 0.6) is 0 Å². The molecule has 0 radical (unpaired) electrons. The number of ether oxygens (including phenoxy) is 1. The molecule has 0 aliphatic carbocycles. The van der Waals surface area contributed by atoms with Gasteiger partial charge in [0.15, 0.2) is 6.10 Å². The van der Waals surface area contributed by atoms with E-state index in [0.29, 0.717) is 13.1 Å². The summed E-state index contributed by atoms with van der Waals surface area (Å²) in [5.74, 6) is -0.320. The largest absolute Gasteiger partial charge is 0.356 e. The molecule has 0 bridgehead atoms. The maximum absolute atomic E-state index is 13.1. The zero-order valence-corrected chi connectivity index (χ0v) is 15.5. The van der Waals surface area contributed by atoms with Gasteiger partial charge in [0.1, 0.15) is 6.61 Å². The van der Waals surface area contributed by atoms with Gasteiger partial charge in [0.05, 0.1) is 6.04 Å². The lowest BCUT2D eigenvalue weighted by molar-refractivity contribution is -0.155. The minimum Gasteiger partial charge on any atom is -0.356 e. The number of aromatic nitrogens is 1. The third-order valence-electron chi connectivity index (χ3n) is 4.73. The van der Waals surface area contributed by atoms with Gasteiger partial charge < -0.3 is 15.0 Å². The van der Waals surface area contributed by atoms with Crippen LogP contribution in [-0.4, -0.2) is 47.5 Å². The number of morpholine rings is 1. The number of amides is 2. The van der Waals surface area contributed by atoms with Crippen LogP contribution >= 0.6 is 0 Å². The van der Waals surface area contributed by atoms with Crippen molar-refractivity contribution in [1.29, 1.82) is 0 Å². The second-order valence-electron chi connectivity index (χ2n) is 6.57. The molecule has 6 heteroatoms. The molecule has 0 unspecified atom stereocenters. The summed E-state index contributed by atoms with van der Waals surface area (Å²) < 4.78 is 5.64. The minimum absolute atomic E-state index is 0.0978. The number of nitrogens with one attached hydrogen (secondary N) is 1. The number of benzene rings is 1. The molecule has 1 aromatic heterocycles. The molecule has 3 rings (SSSR count). The Bertz CT molecular complexity index is 752. The first-order valence-electron chi connectivity index (χ1n) is 9.32. The molecule has 1 aliphatic rings. The van der Waals surface area contributed by atoms with Gasteiger partial charge in [0.2, 0.25) is 5.91 Å². The van der Waals surface area contributed by atoms with E-state index in [4.69, 9.17) is 4.74 Å². The quantitative estimate of drug-likeness (QED) is 0.814. The number of nitrogens with zero attached hydrogens (tertiary/aromatic N) is 2. The average molecular weight is 367 g/mol. The molecule has 2 amide bonds. The van der Waals surface area contributed by atoms with Crippen LogP contribution in [0.15, 0.2) is 54.9 Å². The van der Waals surface area contributed by atoms with Crippen LogP contribution in [0.1, 0.15) is 30.5 Å². The fourth-order valence-electron chi connectivity index (χ4n) is 3.31. The molecular weight excluding hydrogens is 342 g/mol. The van der Waals surface area contributed by atoms with Crippen molar-refractivity contribution in [3.8, 4) is 0 Å². The summed E-state index contributed by atoms with van der Waals surface area (Å²) in [5, 5.41) is 2.87. The van der Waals surface area contributed by atoms with Gasteiger partial charge >= 0.3 is 0 Å². The first-order valence-corrected chi connectivity index (χ1v) is 9.32. The third-order valence-corrected chi connectivity index (χ3v) is 4.73. The summed E-state index contributed by atoms with van der Waals surface area (Å²) in [5.41, 5.74) is 2.03. The number of hydrogen-bond acceptors (Lipinski definition) is 4. The van der Waals surface area contributed by atoms with Gasteiger partial charge in [-0.15, -0.1) is 0 Å². The molecule has 6 nitrogen and oxygen atoms in total. The van der Waals surface area contributed by atoms with Crippen molar-refractivity contribution in [2.24, 2.45) is 0 Å². The summed E-state index contributed by atoms with van der Waals surface area (Å²) >= 11 is 0. The molecule has 1 saturated heterocycles. The van der Waals surface area contributed by atoms with E-state index in [-0.39, 0.29) is 18.4 Å². The number of likely N-dealkylation sites (N-methyl/N-ethyl adjacent to an activating group) is 1. The van der Waals surface area contributed by atoms with Crippen molar-refractivity contribution in [1.82, 2.24) is 15.2 Å². The molecule has 1 aliphatic heterocycles. The molecule has 2 atom stereocenters. The lowest BCUT2D eigenvalue weighted by Gasteiger charge is -2.34. The van der Waals surface area contributed by atoms with E-state index in [1.54, 1.807) is 23.4 Å². The van der Waals surface area contributed by atoms with Gasteiger partial charge in [-0.25, -0.2) is 0 Å². The summed E-state index contributed by atoms with van der Waals surface area (Å²) in [6.45, 7) is 3.11. The monoisotopic (exact) mass is 367 g/mol. The second-order valence-corrected chi connectivity index (χ2v) is 6.57. The van der Waals surface area contributed by atoms with E-state index >= 15 is 0 Å². The Morgan fingerprint density at radius 1 is 1.26 bits per heavy atom. The van der Waals surface area contributed by atoms with E-state index in [1.165, 1.54) is 5.56 Å². The van der Waals surface area contributed by atoms with E-state index in [1.807, 2.05) is 31.2 Å². The van der Waals surface area contributed by atoms with Crippen molar-refractivity contribution in [2.75, 3.05) is 19.7 Å². The Morgan fingerprint density at radius 2 is 2.07 bits per heavy atom. The predicted octanol–water partition coefficient (Wildman–Crippen LogP) is 2.12. The summed E-state index contributed by atoms with van der Waals surface area (Å²) in [4.78, 5) is 30.8. The van der Waals surface area contributed by atoms with Gasteiger partial charge in [-0.2, -0.15) is 0 Å². The van der Waals surface area contributed by atoms with E-state index < -0.39 is 12.1 Å². The zero-order valence-electron chi connectivity index (χ0n) is 15.5. The van der Waals surface area contributed by atoms with E-state index in [2.05, 4.69) is 22.4 Å². The average Bonchev–Trinajstić information content (AvgIpc) is 2.72. The summed E-state index contributed by atoms with van der Waals surface area (Å²) in [6.07, 6.45) is 4.38. The Labute approximate surface area is 159 Å². The Morgan fingerprint density at radius 3 is 2.78 bits per heavy atom. The van der Waals surface area contributed by atoms with Crippen molar-refractivity contribution in [2.45, 2.75) is 31.9 Å². The molecule has 1 N–H and O–H groups in total. The first kappa shape index (κ1) is 19.0. The fourth-order valence-corrected chi connectivity index (χ4v) is 3.31. The van der Waals surface area contributed by atoms with E-state index in [0.717, 1.165) is 18.4 Å². The van der Waals surface area contributed by atoms with Crippen LogP contribution in [0.2, 0.25) is 0 Å². The van der Waals surface area contributed by atoms with Crippen molar-refractivity contribution >= 4 is 11.8 Å². The van der Waals surface area contributed by atoms with Crippen molar-refractivity contribution < 1.29 is 14.3 Å². The SMILES string of the molecule is CCN(CCCc1ccccc1)C(=O)[C@H]1OCC(=O)N[C@@H]1c1cccnc1. The van der Waals surface area contributed by atoms with Crippen LogP contribution in [0.25, 0.3) is 0 Å². The Kier molecular flexibility index (Phi) is 6.54. The second kappa shape index (κ2) is 9.28. The Balaban J connectivity index is 1.66. The summed E-state index contributed by atoms with van der Waals surface area (Å²) in [6, 6.07) is 13.3. The van der Waals surface area contributed by atoms with Crippen LogP contribution in [-0.2, 0) is 20.7 Å². The molecule has 1 aromatic carbocycles. The van der Waals surface area contributed by atoms with Gasteiger partial charge in [0, 0.05) is 25.5 Å². The lowest BCUT2D eigenvalue weighted by Crippen LogP contribution is -2.53. The highest BCUT2D eigenvalue weighted by Crippen LogP contribution is 2.23. The highest BCUT2D eigenvalue weighted by Gasteiger charge is 2.38. The molecule has 0 saturated carbocycles. The molecule has 1 fully saturated rings. The standard InChI is InChI=1S/C21H25N3O3/c1-2-24(13-7-10-16-8-4-3-5-9-16)21(26)20-19(23-18(25)15-27-20)17-11-6-12-22-14-17/h3-6,8-9,11-12,14,19-20H,2,7,10,13,15H2,1H3,(H,23,25)/t19-,20+/m1/s1. The molecule has 2 heterocycles. The number of aryl methyl sites for hydroxylation is 1. The number of carbonyl (C=O) groups is 2. The van der Waals surface area contributed by atoms with Gasteiger partial charge in [0.25, 0.3) is 5.91 Å². The minimum atomic E-state index is -0.733. The maximum atomic E-state index is 13.1. The smallest absolute Gasteiger partial charge is 0.254 e. The first-order chi connectivity index (χ1) is 13.2. The predicted molar refractivity (Wildman–Crippen MR) is 102 cm³/mol. The highest BCUT2D eigenvalue weighted by atomic mass is 16.5.